The normalized spacial score (nSPS) is 11.3. The van der Waals surface area contributed by atoms with Gasteiger partial charge >= 0.3 is 5.95 Å². The maximum absolute atomic E-state index is 12.8. The molecular formula is C13H13FN6O3. The second kappa shape index (κ2) is 7.20. The average molecular weight is 320 g/mol. The van der Waals surface area contributed by atoms with Crippen LogP contribution < -0.4 is 5.43 Å². The molecule has 1 heterocycles. The molecule has 1 amide bonds. The van der Waals surface area contributed by atoms with Crippen molar-refractivity contribution >= 4 is 17.6 Å². The zero-order valence-corrected chi connectivity index (χ0v) is 12.1. The van der Waals surface area contributed by atoms with Crippen LogP contribution in [0.1, 0.15) is 12.5 Å². The lowest BCUT2D eigenvalue weighted by Crippen LogP contribution is -2.22. The number of hydrazone groups is 1. The lowest BCUT2D eigenvalue weighted by Gasteiger charge is -2.02. The lowest BCUT2D eigenvalue weighted by molar-refractivity contribution is -0.394. The van der Waals surface area contributed by atoms with E-state index in [1.807, 2.05) is 0 Å². The van der Waals surface area contributed by atoms with Crippen LogP contribution in [0.3, 0.4) is 0 Å². The fourth-order valence-corrected chi connectivity index (χ4v) is 1.70. The first-order valence-corrected chi connectivity index (χ1v) is 6.54. The van der Waals surface area contributed by atoms with Crippen molar-refractivity contribution in [3.8, 4) is 0 Å². The van der Waals surface area contributed by atoms with Crippen molar-refractivity contribution in [3.63, 3.8) is 0 Å². The monoisotopic (exact) mass is 320 g/mol. The van der Waals surface area contributed by atoms with E-state index in [-0.39, 0.29) is 24.7 Å². The van der Waals surface area contributed by atoms with Crippen LogP contribution in [0.15, 0.2) is 35.7 Å². The molecule has 9 nitrogen and oxygen atoms in total. The molecule has 10 heteroatoms. The molecule has 0 aliphatic carbocycles. The molecule has 0 unspecified atom stereocenters. The summed E-state index contributed by atoms with van der Waals surface area (Å²) in [4.78, 5) is 25.0. The SMILES string of the molecule is CC(Cn1cnc([N+](=O)[O-])n1)=NNC(=O)Cc1ccc(F)cc1. The molecule has 0 saturated carbocycles. The van der Waals surface area contributed by atoms with Crippen molar-refractivity contribution in [3.05, 3.63) is 52.1 Å². The Labute approximate surface area is 130 Å². The molecule has 23 heavy (non-hydrogen) atoms. The molecule has 1 aromatic carbocycles. The molecule has 0 bridgehead atoms. The summed E-state index contributed by atoms with van der Waals surface area (Å²) in [7, 11) is 0. The topological polar surface area (TPSA) is 115 Å². The number of rotatable bonds is 6. The van der Waals surface area contributed by atoms with Gasteiger partial charge in [0.25, 0.3) is 0 Å². The van der Waals surface area contributed by atoms with E-state index in [0.29, 0.717) is 11.3 Å². The molecule has 0 aliphatic heterocycles. The first-order chi connectivity index (χ1) is 10.9. The highest BCUT2D eigenvalue weighted by atomic mass is 19.1. The molecule has 2 aromatic rings. The largest absolute Gasteiger partial charge is 0.490 e. The van der Waals surface area contributed by atoms with E-state index in [1.165, 1.54) is 35.3 Å². The van der Waals surface area contributed by atoms with Gasteiger partial charge in [0, 0.05) is 5.10 Å². The van der Waals surface area contributed by atoms with Crippen molar-refractivity contribution in [1.82, 2.24) is 20.2 Å². The Balaban J connectivity index is 1.86. The average Bonchev–Trinajstić information content (AvgIpc) is 2.96. The number of hydrogen-bond donors (Lipinski definition) is 1. The van der Waals surface area contributed by atoms with Gasteiger partial charge in [-0.2, -0.15) is 9.78 Å². The van der Waals surface area contributed by atoms with Crippen LogP contribution in [0.4, 0.5) is 10.3 Å². The Morgan fingerprint density at radius 2 is 2.13 bits per heavy atom. The fourth-order valence-electron chi connectivity index (χ4n) is 1.70. The van der Waals surface area contributed by atoms with Gasteiger partial charge < -0.3 is 10.1 Å². The van der Waals surface area contributed by atoms with Gasteiger partial charge in [-0.1, -0.05) is 17.1 Å². The summed E-state index contributed by atoms with van der Waals surface area (Å²) >= 11 is 0. The quantitative estimate of drug-likeness (QED) is 0.485. The van der Waals surface area contributed by atoms with Gasteiger partial charge in [-0.15, -0.1) is 0 Å². The number of halogens is 1. The number of nitro groups is 1. The third-order valence-electron chi connectivity index (χ3n) is 2.73. The molecule has 0 spiro atoms. The maximum Gasteiger partial charge on any atom is 0.490 e. The van der Waals surface area contributed by atoms with Gasteiger partial charge in [-0.25, -0.2) is 9.82 Å². The number of aromatic nitrogens is 3. The van der Waals surface area contributed by atoms with E-state index >= 15 is 0 Å². The third kappa shape index (κ3) is 4.95. The first kappa shape index (κ1) is 16.2. The Bertz CT molecular complexity index is 740. The van der Waals surface area contributed by atoms with Crippen LogP contribution in [0, 0.1) is 15.9 Å². The van der Waals surface area contributed by atoms with Crippen LogP contribution in [0.25, 0.3) is 0 Å². The number of nitrogens with one attached hydrogen (secondary N) is 1. The van der Waals surface area contributed by atoms with Crippen LogP contribution in [0.5, 0.6) is 0 Å². The van der Waals surface area contributed by atoms with Gasteiger partial charge in [-0.05, 0) is 29.5 Å². The van der Waals surface area contributed by atoms with Crippen molar-refractivity contribution in [2.24, 2.45) is 5.10 Å². The predicted octanol–water partition coefficient (Wildman–Crippen LogP) is 1.06. The minimum absolute atomic E-state index is 0.0614. The molecule has 2 rings (SSSR count). The number of nitrogens with zero attached hydrogens (tertiary/aromatic N) is 5. The van der Waals surface area contributed by atoms with E-state index in [1.54, 1.807) is 6.92 Å². The van der Waals surface area contributed by atoms with Crippen LogP contribution in [-0.2, 0) is 17.8 Å². The van der Waals surface area contributed by atoms with Crippen LogP contribution in [-0.4, -0.2) is 31.3 Å². The molecule has 120 valence electrons. The Hall–Kier alpha value is -3.17. The second-order valence-corrected chi connectivity index (χ2v) is 4.68. The molecule has 0 saturated heterocycles. The van der Waals surface area contributed by atoms with E-state index in [4.69, 9.17) is 0 Å². The standard InChI is InChI=1S/C13H13FN6O3/c1-9(7-19-8-15-13(18-19)20(22)23)16-17-12(21)6-10-2-4-11(14)5-3-10/h2-5,8H,6-7H2,1H3,(H,17,21). The summed E-state index contributed by atoms with van der Waals surface area (Å²) < 4.78 is 14.0. The molecule has 0 atom stereocenters. The smallest absolute Gasteiger partial charge is 0.390 e. The minimum atomic E-state index is -0.701. The molecule has 0 fully saturated rings. The van der Waals surface area contributed by atoms with E-state index in [0.717, 1.165) is 0 Å². The van der Waals surface area contributed by atoms with Gasteiger partial charge in [-0.3, -0.25) is 4.79 Å². The highest BCUT2D eigenvalue weighted by Gasteiger charge is 2.13. The molecule has 1 N–H and O–H groups in total. The summed E-state index contributed by atoms with van der Waals surface area (Å²) in [5.74, 6) is -1.23. The van der Waals surface area contributed by atoms with Crippen molar-refractivity contribution in [2.75, 3.05) is 0 Å². The molecule has 0 radical (unpaired) electrons. The maximum atomic E-state index is 12.8. The van der Waals surface area contributed by atoms with E-state index in [2.05, 4.69) is 20.6 Å². The highest BCUT2D eigenvalue weighted by Crippen LogP contribution is 2.03. The van der Waals surface area contributed by atoms with Gasteiger partial charge in [0.15, 0.2) is 0 Å². The Morgan fingerprint density at radius 1 is 1.43 bits per heavy atom. The predicted molar refractivity (Wildman–Crippen MR) is 78.0 cm³/mol. The number of benzene rings is 1. The zero-order valence-electron chi connectivity index (χ0n) is 12.1. The third-order valence-corrected chi connectivity index (χ3v) is 2.73. The van der Waals surface area contributed by atoms with Gasteiger partial charge in [0.05, 0.1) is 18.7 Å². The molecule has 0 aliphatic rings. The number of carbonyl (C=O) groups is 1. The van der Waals surface area contributed by atoms with Gasteiger partial charge in [0.2, 0.25) is 12.2 Å². The summed E-state index contributed by atoms with van der Waals surface area (Å²) in [6.45, 7) is 1.78. The van der Waals surface area contributed by atoms with Crippen molar-refractivity contribution < 1.29 is 14.1 Å². The Morgan fingerprint density at radius 3 is 2.74 bits per heavy atom. The summed E-state index contributed by atoms with van der Waals surface area (Å²) in [6.07, 6.45) is 1.27. The van der Waals surface area contributed by atoms with E-state index < -0.39 is 10.9 Å². The lowest BCUT2D eigenvalue weighted by atomic mass is 10.1. The summed E-state index contributed by atoms with van der Waals surface area (Å²) in [5.41, 5.74) is 3.49. The fraction of sp³-hybridized carbons (Fsp3) is 0.231. The minimum Gasteiger partial charge on any atom is -0.390 e. The number of carbonyl (C=O) groups excluding carboxylic acids is 1. The summed E-state index contributed by atoms with van der Waals surface area (Å²) in [6, 6.07) is 5.57. The zero-order chi connectivity index (χ0) is 16.8. The van der Waals surface area contributed by atoms with E-state index in [9.17, 15) is 19.3 Å². The van der Waals surface area contributed by atoms with Crippen LogP contribution >= 0.6 is 0 Å². The summed E-state index contributed by atoms with van der Waals surface area (Å²) in [5, 5.41) is 18.0. The van der Waals surface area contributed by atoms with Crippen molar-refractivity contribution in [1.29, 1.82) is 0 Å². The highest BCUT2D eigenvalue weighted by molar-refractivity contribution is 5.84. The molecular weight excluding hydrogens is 307 g/mol. The Kier molecular flexibility index (Phi) is 5.07. The second-order valence-electron chi connectivity index (χ2n) is 4.68. The van der Waals surface area contributed by atoms with Crippen molar-refractivity contribution in [2.45, 2.75) is 19.9 Å². The first-order valence-electron chi connectivity index (χ1n) is 6.54. The number of amides is 1. The van der Waals surface area contributed by atoms with Gasteiger partial charge in [0.1, 0.15) is 5.82 Å². The van der Waals surface area contributed by atoms with Crippen LogP contribution in [0.2, 0.25) is 0 Å². The number of hydrogen-bond acceptors (Lipinski definition) is 6. The molecule has 1 aromatic heterocycles.